The number of hydrogen-bond acceptors (Lipinski definition) is 3. The predicted octanol–water partition coefficient (Wildman–Crippen LogP) is 4.03. The standard InChI is InChI=1S/C17H15BrFN3OS/c18-12-1-6-16-21-14(11-22(16)10-12)9-20-17(23)7-8-24-15-4-2-13(19)3-5-15/h1-6,10-11H,7-9H2,(H,20,23). The third kappa shape index (κ3) is 4.58. The minimum absolute atomic E-state index is 0.0251. The Morgan fingerprint density at radius 1 is 1.21 bits per heavy atom. The van der Waals surface area contributed by atoms with Gasteiger partial charge in [-0.05, 0) is 52.3 Å². The molecule has 3 aromatic rings. The smallest absolute Gasteiger partial charge is 0.221 e. The van der Waals surface area contributed by atoms with E-state index in [1.807, 2.05) is 28.9 Å². The van der Waals surface area contributed by atoms with Gasteiger partial charge in [-0.3, -0.25) is 4.79 Å². The molecule has 0 aliphatic heterocycles. The van der Waals surface area contributed by atoms with Crippen LogP contribution in [0.1, 0.15) is 12.1 Å². The van der Waals surface area contributed by atoms with Crippen LogP contribution in [0.25, 0.3) is 5.65 Å². The van der Waals surface area contributed by atoms with E-state index < -0.39 is 0 Å². The van der Waals surface area contributed by atoms with Gasteiger partial charge in [0.1, 0.15) is 11.5 Å². The molecule has 0 atom stereocenters. The summed E-state index contributed by atoms with van der Waals surface area (Å²) in [6.45, 7) is 0.402. The molecule has 7 heteroatoms. The second-order valence-electron chi connectivity index (χ2n) is 5.17. The van der Waals surface area contributed by atoms with E-state index >= 15 is 0 Å². The molecule has 1 N–H and O–H groups in total. The minimum Gasteiger partial charge on any atom is -0.350 e. The van der Waals surface area contributed by atoms with Crippen molar-refractivity contribution in [3.63, 3.8) is 0 Å². The van der Waals surface area contributed by atoms with Crippen LogP contribution in [0, 0.1) is 5.82 Å². The third-order valence-electron chi connectivity index (χ3n) is 3.34. The largest absolute Gasteiger partial charge is 0.350 e. The van der Waals surface area contributed by atoms with Crippen LogP contribution in [-0.2, 0) is 11.3 Å². The number of rotatable bonds is 6. The summed E-state index contributed by atoms with van der Waals surface area (Å²) < 4.78 is 15.7. The summed E-state index contributed by atoms with van der Waals surface area (Å²) in [6.07, 6.45) is 4.22. The Labute approximate surface area is 151 Å². The first-order valence-electron chi connectivity index (χ1n) is 7.38. The normalized spacial score (nSPS) is 10.9. The van der Waals surface area contributed by atoms with E-state index in [0.717, 1.165) is 20.7 Å². The van der Waals surface area contributed by atoms with Crippen LogP contribution in [0.3, 0.4) is 0 Å². The molecular weight excluding hydrogens is 393 g/mol. The first kappa shape index (κ1) is 17.0. The van der Waals surface area contributed by atoms with Gasteiger partial charge in [-0.25, -0.2) is 9.37 Å². The van der Waals surface area contributed by atoms with Crippen molar-refractivity contribution < 1.29 is 9.18 Å². The lowest BCUT2D eigenvalue weighted by Crippen LogP contribution is -2.23. The van der Waals surface area contributed by atoms with Gasteiger partial charge in [-0.2, -0.15) is 0 Å². The number of halogens is 2. The van der Waals surface area contributed by atoms with Gasteiger partial charge in [0.15, 0.2) is 0 Å². The van der Waals surface area contributed by atoms with Crippen LogP contribution in [-0.4, -0.2) is 21.0 Å². The maximum absolute atomic E-state index is 12.8. The Bertz CT molecular complexity index is 851. The molecule has 0 aliphatic rings. The van der Waals surface area contributed by atoms with Crippen molar-refractivity contribution in [2.45, 2.75) is 17.9 Å². The van der Waals surface area contributed by atoms with E-state index in [2.05, 4.69) is 26.2 Å². The summed E-state index contributed by atoms with van der Waals surface area (Å²) >= 11 is 4.95. The highest BCUT2D eigenvalue weighted by atomic mass is 79.9. The van der Waals surface area contributed by atoms with Crippen LogP contribution in [0.15, 0.2) is 58.2 Å². The lowest BCUT2D eigenvalue weighted by atomic mass is 10.3. The van der Waals surface area contributed by atoms with Gasteiger partial charge in [0.05, 0.1) is 12.2 Å². The van der Waals surface area contributed by atoms with Crippen molar-refractivity contribution in [1.82, 2.24) is 14.7 Å². The summed E-state index contributed by atoms with van der Waals surface area (Å²) in [5, 5.41) is 2.87. The third-order valence-corrected chi connectivity index (χ3v) is 4.83. The molecule has 0 spiro atoms. The number of aromatic nitrogens is 2. The molecule has 124 valence electrons. The number of carbonyl (C=O) groups excluding carboxylic acids is 1. The summed E-state index contributed by atoms with van der Waals surface area (Å²) in [6, 6.07) is 10.1. The van der Waals surface area contributed by atoms with Gasteiger partial charge < -0.3 is 9.72 Å². The van der Waals surface area contributed by atoms with Gasteiger partial charge in [0.2, 0.25) is 5.91 Å². The first-order chi connectivity index (χ1) is 11.6. The number of imidazole rings is 1. The highest BCUT2D eigenvalue weighted by molar-refractivity contribution is 9.10. The average Bonchev–Trinajstić information content (AvgIpc) is 2.97. The average molecular weight is 408 g/mol. The Morgan fingerprint density at radius 2 is 2.00 bits per heavy atom. The van der Waals surface area contributed by atoms with Crippen LogP contribution in [0.5, 0.6) is 0 Å². The van der Waals surface area contributed by atoms with E-state index in [1.54, 1.807) is 12.1 Å². The zero-order valence-corrected chi connectivity index (χ0v) is 15.1. The predicted molar refractivity (Wildman–Crippen MR) is 96.5 cm³/mol. The maximum atomic E-state index is 12.8. The second kappa shape index (κ2) is 7.81. The van der Waals surface area contributed by atoms with Crippen molar-refractivity contribution in [2.24, 2.45) is 0 Å². The van der Waals surface area contributed by atoms with Gasteiger partial charge >= 0.3 is 0 Å². The lowest BCUT2D eigenvalue weighted by Gasteiger charge is -2.03. The number of nitrogens with zero attached hydrogens (tertiary/aromatic N) is 2. The van der Waals surface area contributed by atoms with Crippen molar-refractivity contribution in [3.8, 4) is 0 Å². The zero-order valence-electron chi connectivity index (χ0n) is 12.7. The monoisotopic (exact) mass is 407 g/mol. The first-order valence-corrected chi connectivity index (χ1v) is 9.16. The van der Waals surface area contributed by atoms with Crippen LogP contribution >= 0.6 is 27.7 Å². The van der Waals surface area contributed by atoms with Gasteiger partial charge in [-0.1, -0.05) is 0 Å². The SMILES string of the molecule is O=C(CCSc1ccc(F)cc1)NCc1cn2cc(Br)ccc2n1. The number of hydrogen-bond donors (Lipinski definition) is 1. The Hall–Kier alpha value is -1.86. The molecule has 0 saturated carbocycles. The fraction of sp³-hybridized carbons (Fsp3) is 0.176. The number of pyridine rings is 1. The molecule has 2 aromatic heterocycles. The Balaban J connectivity index is 1.45. The maximum Gasteiger partial charge on any atom is 0.221 e. The van der Waals surface area contributed by atoms with Crippen LogP contribution in [0.2, 0.25) is 0 Å². The molecule has 1 aromatic carbocycles. The van der Waals surface area contributed by atoms with Gasteiger partial charge in [0.25, 0.3) is 0 Å². The quantitative estimate of drug-likeness (QED) is 0.627. The number of amides is 1. The van der Waals surface area contributed by atoms with Crippen molar-refractivity contribution in [1.29, 1.82) is 0 Å². The molecular formula is C17H15BrFN3OS. The molecule has 3 rings (SSSR count). The number of fused-ring (bicyclic) bond motifs is 1. The second-order valence-corrected chi connectivity index (χ2v) is 7.26. The number of benzene rings is 1. The van der Waals surface area contributed by atoms with Crippen molar-refractivity contribution in [3.05, 3.63) is 64.8 Å². The zero-order chi connectivity index (χ0) is 16.9. The summed E-state index contributed by atoms with van der Waals surface area (Å²) in [5.41, 5.74) is 1.65. The molecule has 0 saturated heterocycles. The Morgan fingerprint density at radius 3 is 2.79 bits per heavy atom. The molecule has 0 radical (unpaired) electrons. The minimum atomic E-state index is -0.253. The number of thioether (sulfide) groups is 1. The topological polar surface area (TPSA) is 46.4 Å². The highest BCUT2D eigenvalue weighted by Crippen LogP contribution is 2.18. The molecule has 1 amide bonds. The van der Waals surface area contributed by atoms with E-state index in [9.17, 15) is 9.18 Å². The molecule has 0 unspecified atom stereocenters. The molecule has 0 fully saturated rings. The van der Waals surface area contributed by atoms with Gasteiger partial charge in [-0.15, -0.1) is 11.8 Å². The molecule has 24 heavy (non-hydrogen) atoms. The molecule has 0 aliphatic carbocycles. The summed E-state index contributed by atoms with van der Waals surface area (Å²) in [4.78, 5) is 17.3. The number of carbonyl (C=O) groups is 1. The Kier molecular flexibility index (Phi) is 5.52. The van der Waals surface area contributed by atoms with Gasteiger partial charge in [0, 0.05) is 33.9 Å². The molecule has 4 nitrogen and oxygen atoms in total. The highest BCUT2D eigenvalue weighted by Gasteiger charge is 2.06. The fourth-order valence-corrected chi connectivity index (χ4v) is 3.38. The van der Waals surface area contributed by atoms with E-state index in [4.69, 9.17) is 0 Å². The summed E-state index contributed by atoms with van der Waals surface area (Å²) in [7, 11) is 0. The number of nitrogens with one attached hydrogen (secondary N) is 1. The summed E-state index contributed by atoms with van der Waals surface area (Å²) in [5.74, 6) is 0.370. The van der Waals surface area contributed by atoms with E-state index in [1.165, 1.54) is 23.9 Å². The fourth-order valence-electron chi connectivity index (χ4n) is 2.17. The molecule has 0 bridgehead atoms. The van der Waals surface area contributed by atoms with Crippen LogP contribution in [0.4, 0.5) is 4.39 Å². The van der Waals surface area contributed by atoms with Crippen LogP contribution < -0.4 is 5.32 Å². The lowest BCUT2D eigenvalue weighted by molar-refractivity contribution is -0.120. The van der Waals surface area contributed by atoms with Crippen molar-refractivity contribution in [2.75, 3.05) is 5.75 Å². The van der Waals surface area contributed by atoms with Crippen molar-refractivity contribution >= 4 is 39.2 Å². The molecule has 2 heterocycles. The van der Waals surface area contributed by atoms with E-state index in [-0.39, 0.29) is 11.7 Å². The van der Waals surface area contributed by atoms with E-state index in [0.29, 0.717) is 18.7 Å².